The van der Waals surface area contributed by atoms with Crippen molar-refractivity contribution in [1.82, 2.24) is 0 Å². The molecule has 2 aliphatic rings. The Labute approximate surface area is 163 Å². The number of carbonyl (C=O) groups is 3. The summed E-state index contributed by atoms with van der Waals surface area (Å²) < 4.78 is 11.7. The lowest BCUT2D eigenvalue weighted by atomic mass is 9.76. The Hall–Kier alpha value is -4.13. The number of fused-ring (bicyclic) bond motifs is 6. The minimum Gasteiger partial charge on any atom is -0.507 e. The van der Waals surface area contributed by atoms with Crippen LogP contribution in [0.5, 0.6) is 23.0 Å². The molecule has 0 aliphatic carbocycles. The topological polar surface area (TPSA) is 110 Å². The van der Waals surface area contributed by atoms with Gasteiger partial charge in [0.05, 0.1) is 16.7 Å². The lowest BCUT2D eigenvalue weighted by Gasteiger charge is -2.37. The number of hydrogen-bond acceptors (Lipinski definition) is 7. The second-order valence-corrected chi connectivity index (χ2v) is 6.70. The molecule has 5 rings (SSSR count). The maximum Gasteiger partial charge on any atom is 0.340 e. The molecule has 7 heteroatoms. The molecule has 0 atom stereocenters. The Morgan fingerprint density at radius 3 is 1.86 bits per heavy atom. The normalized spacial score (nSPS) is 15.0. The third-order valence-corrected chi connectivity index (χ3v) is 5.32. The van der Waals surface area contributed by atoms with Crippen molar-refractivity contribution < 1.29 is 34.1 Å². The molecule has 1 spiro atoms. The van der Waals surface area contributed by atoms with Crippen molar-refractivity contribution in [2.75, 3.05) is 0 Å². The summed E-state index contributed by atoms with van der Waals surface area (Å²) in [5, 5.41) is 20.3. The molecular formula is C22H12O7. The monoisotopic (exact) mass is 388 g/mol. The van der Waals surface area contributed by atoms with E-state index in [1.807, 2.05) is 0 Å². The van der Waals surface area contributed by atoms with Crippen molar-refractivity contribution in [2.24, 2.45) is 0 Å². The predicted molar refractivity (Wildman–Crippen MR) is 98.8 cm³/mol. The molecular weight excluding hydrogens is 376 g/mol. The van der Waals surface area contributed by atoms with Crippen LogP contribution >= 0.6 is 0 Å². The summed E-state index contributed by atoms with van der Waals surface area (Å²) in [6, 6.07) is 12.4. The van der Waals surface area contributed by atoms with Crippen LogP contribution < -0.4 is 4.74 Å². The maximum absolute atomic E-state index is 12.7. The summed E-state index contributed by atoms with van der Waals surface area (Å²) in [7, 11) is 0. The second-order valence-electron chi connectivity index (χ2n) is 6.70. The van der Waals surface area contributed by atoms with Gasteiger partial charge in [0.15, 0.2) is 18.2 Å². The molecule has 3 aromatic rings. The number of hydrogen-bond donors (Lipinski definition) is 2. The van der Waals surface area contributed by atoms with Gasteiger partial charge in [-0.1, -0.05) is 18.2 Å². The number of esters is 1. The summed E-state index contributed by atoms with van der Waals surface area (Å²) in [4.78, 5) is 36.1. The Balaban J connectivity index is 1.97. The van der Waals surface area contributed by atoms with Crippen molar-refractivity contribution in [3.05, 3.63) is 81.9 Å². The van der Waals surface area contributed by atoms with Gasteiger partial charge in [0.25, 0.3) is 0 Å². The number of rotatable bonds is 2. The van der Waals surface area contributed by atoms with Crippen LogP contribution in [0, 0.1) is 0 Å². The summed E-state index contributed by atoms with van der Waals surface area (Å²) in [6.45, 7) is 0. The average Bonchev–Trinajstić information content (AvgIpc) is 3.01. The molecule has 0 saturated carbocycles. The fraction of sp³-hybridized carbons (Fsp3) is 0.0455. The molecule has 0 fully saturated rings. The first-order valence-electron chi connectivity index (χ1n) is 8.67. The van der Waals surface area contributed by atoms with Crippen LogP contribution in [0.4, 0.5) is 0 Å². The number of aromatic hydroxyl groups is 2. The van der Waals surface area contributed by atoms with Gasteiger partial charge in [-0.2, -0.15) is 0 Å². The van der Waals surface area contributed by atoms with Crippen LogP contribution in [0.1, 0.15) is 47.8 Å². The van der Waals surface area contributed by atoms with Gasteiger partial charge in [-0.3, -0.25) is 9.59 Å². The molecule has 0 saturated heterocycles. The van der Waals surface area contributed by atoms with Gasteiger partial charge < -0.3 is 19.7 Å². The number of aldehydes is 2. The zero-order chi connectivity index (χ0) is 20.3. The van der Waals surface area contributed by atoms with Gasteiger partial charge >= 0.3 is 5.97 Å². The first kappa shape index (κ1) is 17.0. The molecule has 7 nitrogen and oxygen atoms in total. The standard InChI is InChI=1S/C22H12O7/c23-9-12-17(25)7-5-15-19(12)28-20-13(10-24)18(26)8-6-16(20)22(15)14-4-2-1-3-11(14)21(27)29-22/h1-10,25-26H. The molecule has 0 bridgehead atoms. The summed E-state index contributed by atoms with van der Waals surface area (Å²) in [6.07, 6.45) is 0.831. The van der Waals surface area contributed by atoms with E-state index in [0.29, 0.717) is 34.8 Å². The van der Waals surface area contributed by atoms with E-state index in [9.17, 15) is 24.6 Å². The summed E-state index contributed by atoms with van der Waals surface area (Å²) >= 11 is 0. The van der Waals surface area contributed by atoms with E-state index in [1.165, 1.54) is 24.3 Å². The molecule has 3 aromatic carbocycles. The van der Waals surface area contributed by atoms with Crippen molar-refractivity contribution in [1.29, 1.82) is 0 Å². The van der Waals surface area contributed by atoms with Gasteiger partial charge in [-0.25, -0.2) is 4.79 Å². The van der Waals surface area contributed by atoms with Gasteiger partial charge in [0.1, 0.15) is 23.0 Å². The van der Waals surface area contributed by atoms with Crippen molar-refractivity contribution in [2.45, 2.75) is 5.60 Å². The van der Waals surface area contributed by atoms with E-state index < -0.39 is 11.6 Å². The Morgan fingerprint density at radius 2 is 1.31 bits per heavy atom. The fourth-order valence-electron chi connectivity index (χ4n) is 4.04. The maximum atomic E-state index is 12.7. The van der Waals surface area contributed by atoms with Crippen LogP contribution in [0.2, 0.25) is 0 Å². The van der Waals surface area contributed by atoms with Crippen molar-refractivity contribution >= 4 is 18.5 Å². The zero-order valence-corrected chi connectivity index (χ0v) is 14.7. The number of carbonyl (C=O) groups excluding carboxylic acids is 3. The highest BCUT2D eigenvalue weighted by Crippen LogP contribution is 2.58. The van der Waals surface area contributed by atoms with Crippen LogP contribution in [0.15, 0.2) is 48.5 Å². The van der Waals surface area contributed by atoms with Crippen LogP contribution in [0.3, 0.4) is 0 Å². The highest BCUT2D eigenvalue weighted by atomic mass is 16.6. The van der Waals surface area contributed by atoms with E-state index in [4.69, 9.17) is 9.47 Å². The highest BCUT2D eigenvalue weighted by Gasteiger charge is 2.54. The van der Waals surface area contributed by atoms with Crippen LogP contribution in [-0.2, 0) is 10.3 Å². The molecule has 29 heavy (non-hydrogen) atoms. The molecule has 2 heterocycles. The van der Waals surface area contributed by atoms with Crippen molar-refractivity contribution in [3.63, 3.8) is 0 Å². The lowest BCUT2D eigenvalue weighted by Crippen LogP contribution is -2.33. The van der Waals surface area contributed by atoms with Gasteiger partial charge in [-0.15, -0.1) is 0 Å². The van der Waals surface area contributed by atoms with Gasteiger partial charge in [0, 0.05) is 16.7 Å². The molecule has 0 amide bonds. The van der Waals surface area contributed by atoms with E-state index in [0.717, 1.165) is 0 Å². The lowest BCUT2D eigenvalue weighted by molar-refractivity contribution is 0.0224. The zero-order valence-electron chi connectivity index (χ0n) is 14.7. The number of phenols is 2. The first-order valence-corrected chi connectivity index (χ1v) is 8.67. The predicted octanol–water partition coefficient (Wildman–Crippen LogP) is 3.29. The van der Waals surface area contributed by atoms with E-state index in [1.54, 1.807) is 24.3 Å². The van der Waals surface area contributed by atoms with Crippen LogP contribution in [-0.4, -0.2) is 28.8 Å². The largest absolute Gasteiger partial charge is 0.507 e. The molecule has 0 unspecified atom stereocenters. The van der Waals surface area contributed by atoms with E-state index in [-0.39, 0.29) is 34.1 Å². The summed E-state index contributed by atoms with van der Waals surface area (Å²) in [5.74, 6) is -1.34. The first-order chi connectivity index (χ1) is 14.0. The fourth-order valence-corrected chi connectivity index (χ4v) is 4.04. The quantitative estimate of drug-likeness (QED) is 0.512. The van der Waals surface area contributed by atoms with E-state index in [2.05, 4.69) is 0 Å². The highest BCUT2D eigenvalue weighted by molar-refractivity contribution is 5.98. The molecule has 0 radical (unpaired) electrons. The minimum atomic E-state index is -1.51. The van der Waals surface area contributed by atoms with Crippen molar-refractivity contribution in [3.8, 4) is 23.0 Å². The molecule has 2 aliphatic heterocycles. The Bertz CT molecular complexity index is 1180. The average molecular weight is 388 g/mol. The third-order valence-electron chi connectivity index (χ3n) is 5.32. The number of benzene rings is 3. The van der Waals surface area contributed by atoms with Gasteiger partial charge in [-0.05, 0) is 30.3 Å². The molecule has 142 valence electrons. The third kappa shape index (κ3) is 1.98. The van der Waals surface area contributed by atoms with E-state index >= 15 is 0 Å². The second kappa shape index (κ2) is 5.68. The molecule has 2 N–H and O–H groups in total. The SMILES string of the molecule is O=Cc1c(O)ccc2c1Oc1c(ccc(O)c1C=O)C21OC(=O)c2ccccc21. The smallest absolute Gasteiger partial charge is 0.340 e. The van der Waals surface area contributed by atoms with Crippen LogP contribution in [0.25, 0.3) is 0 Å². The minimum absolute atomic E-state index is 0.0503. The summed E-state index contributed by atoms with van der Waals surface area (Å²) in [5.41, 5.74) is -0.348. The molecule has 0 aromatic heterocycles. The number of phenolic OH excluding ortho intramolecular Hbond substituents is 2. The Morgan fingerprint density at radius 1 is 0.759 bits per heavy atom. The van der Waals surface area contributed by atoms with Gasteiger partial charge in [0.2, 0.25) is 0 Å². The Kier molecular flexibility index (Phi) is 3.33. The number of ether oxygens (including phenoxy) is 2.